The van der Waals surface area contributed by atoms with Gasteiger partial charge in [0.25, 0.3) is 0 Å². The van der Waals surface area contributed by atoms with Crippen molar-refractivity contribution in [3.63, 3.8) is 0 Å². The summed E-state index contributed by atoms with van der Waals surface area (Å²) >= 11 is 1.30. The van der Waals surface area contributed by atoms with Crippen LogP contribution in [-0.2, 0) is 14.8 Å². The first-order chi connectivity index (χ1) is 15.9. The third-order valence-electron chi connectivity index (χ3n) is 5.71. The number of sulfonamides is 1. The molecule has 5 rings (SSSR count). The van der Waals surface area contributed by atoms with Crippen molar-refractivity contribution in [2.24, 2.45) is 0 Å². The standard InChI is InChI=1S/C22H24N6O3S2/c1-15(32-22-26-25-21-24-18-10-3-4-11-19(18)28(21)22)20(29)23-16-8-7-9-17(14-16)33(30,31)27-12-5-2-6-13-27/h3-4,7-11,14-15H,2,5-6,12-13H2,1H3,(H,23,29)(H,24,25). The molecule has 0 spiro atoms. The molecule has 4 aromatic rings. The minimum absolute atomic E-state index is 0.196. The number of hydrogen-bond donors (Lipinski definition) is 2. The first-order valence-electron chi connectivity index (χ1n) is 10.8. The third-order valence-corrected chi connectivity index (χ3v) is 8.66. The highest BCUT2D eigenvalue weighted by Gasteiger charge is 2.26. The summed E-state index contributed by atoms with van der Waals surface area (Å²) in [4.78, 5) is 17.6. The lowest BCUT2D eigenvalue weighted by molar-refractivity contribution is -0.115. The van der Waals surface area contributed by atoms with Crippen LogP contribution in [0.4, 0.5) is 5.69 Å². The predicted octanol–water partition coefficient (Wildman–Crippen LogP) is 3.50. The summed E-state index contributed by atoms with van der Waals surface area (Å²) in [6, 6.07) is 14.2. The Labute approximate surface area is 195 Å². The number of aromatic nitrogens is 4. The molecule has 0 aliphatic carbocycles. The molecule has 1 aliphatic rings. The number of piperidine rings is 1. The van der Waals surface area contributed by atoms with Crippen molar-refractivity contribution in [2.45, 2.75) is 41.5 Å². The topological polar surface area (TPSA) is 112 Å². The maximum absolute atomic E-state index is 13.0. The molecule has 1 fully saturated rings. The van der Waals surface area contributed by atoms with E-state index in [2.05, 4.69) is 20.5 Å². The molecule has 2 aromatic carbocycles. The largest absolute Gasteiger partial charge is 0.325 e. The summed E-state index contributed by atoms with van der Waals surface area (Å²) in [5.41, 5.74) is 2.20. The summed E-state index contributed by atoms with van der Waals surface area (Å²) in [7, 11) is -3.57. The van der Waals surface area contributed by atoms with Gasteiger partial charge in [0.1, 0.15) is 0 Å². The van der Waals surface area contributed by atoms with E-state index >= 15 is 0 Å². The molecule has 11 heteroatoms. The van der Waals surface area contributed by atoms with E-state index < -0.39 is 15.3 Å². The second kappa shape index (κ2) is 8.81. The zero-order valence-corrected chi connectivity index (χ0v) is 19.7. The number of para-hydroxylation sites is 2. The summed E-state index contributed by atoms with van der Waals surface area (Å²) in [5, 5.41) is 10.2. The van der Waals surface area contributed by atoms with Crippen LogP contribution in [0.2, 0.25) is 0 Å². The minimum Gasteiger partial charge on any atom is -0.325 e. The molecule has 1 atom stereocenters. The van der Waals surface area contributed by atoms with Gasteiger partial charge in [-0.15, -0.1) is 5.10 Å². The van der Waals surface area contributed by atoms with Gasteiger partial charge in [-0.05, 0) is 50.1 Å². The molecule has 172 valence electrons. The van der Waals surface area contributed by atoms with Gasteiger partial charge >= 0.3 is 0 Å². The average molecular weight is 485 g/mol. The Bertz CT molecular complexity index is 1420. The Morgan fingerprint density at radius 3 is 2.73 bits per heavy atom. The number of thioether (sulfide) groups is 1. The Balaban J connectivity index is 1.32. The molecule has 9 nitrogen and oxygen atoms in total. The van der Waals surface area contributed by atoms with Crippen LogP contribution >= 0.6 is 11.8 Å². The molecule has 2 aromatic heterocycles. The summed E-state index contributed by atoms with van der Waals surface area (Å²) in [6.07, 6.45) is 2.79. The van der Waals surface area contributed by atoms with Gasteiger partial charge in [-0.3, -0.25) is 9.20 Å². The van der Waals surface area contributed by atoms with E-state index in [1.807, 2.05) is 28.7 Å². The lowest BCUT2D eigenvalue weighted by Gasteiger charge is -2.26. The smallest absolute Gasteiger partial charge is 0.243 e. The Kier molecular flexibility index (Phi) is 5.85. The summed E-state index contributed by atoms with van der Waals surface area (Å²) in [5.74, 6) is 0.370. The number of amides is 1. The van der Waals surface area contributed by atoms with Gasteiger partial charge in [0, 0.05) is 18.8 Å². The Morgan fingerprint density at radius 2 is 1.91 bits per heavy atom. The SMILES string of the molecule is CC(Sc1n[nH]c2nc3ccccc3n12)C(=O)Nc1cccc(S(=O)(=O)N2CCCCC2)c1. The van der Waals surface area contributed by atoms with Crippen LogP contribution in [0.3, 0.4) is 0 Å². The molecule has 33 heavy (non-hydrogen) atoms. The lowest BCUT2D eigenvalue weighted by atomic mass is 10.2. The van der Waals surface area contributed by atoms with E-state index in [0.717, 1.165) is 30.3 Å². The normalized spacial score (nSPS) is 16.3. The first-order valence-corrected chi connectivity index (χ1v) is 13.1. The monoisotopic (exact) mass is 484 g/mol. The van der Waals surface area contributed by atoms with Gasteiger partial charge in [-0.25, -0.2) is 18.5 Å². The van der Waals surface area contributed by atoms with Gasteiger partial charge in [0.2, 0.25) is 21.7 Å². The number of carbonyl (C=O) groups excluding carboxylic acids is 1. The fourth-order valence-corrected chi connectivity index (χ4v) is 6.40. The van der Waals surface area contributed by atoms with E-state index in [9.17, 15) is 13.2 Å². The molecule has 2 N–H and O–H groups in total. The number of imidazole rings is 1. The number of nitrogens with one attached hydrogen (secondary N) is 2. The van der Waals surface area contributed by atoms with Crippen molar-refractivity contribution in [1.82, 2.24) is 23.9 Å². The van der Waals surface area contributed by atoms with Gasteiger partial charge in [0.15, 0.2) is 5.16 Å². The summed E-state index contributed by atoms with van der Waals surface area (Å²) in [6.45, 7) is 2.86. The molecule has 1 amide bonds. The molecule has 1 unspecified atom stereocenters. The highest BCUT2D eigenvalue weighted by atomic mass is 32.2. The number of fused-ring (bicyclic) bond motifs is 3. The van der Waals surface area contributed by atoms with Crippen LogP contribution in [-0.4, -0.2) is 56.6 Å². The van der Waals surface area contributed by atoms with Crippen molar-refractivity contribution in [3.05, 3.63) is 48.5 Å². The number of nitrogens with zero attached hydrogens (tertiary/aromatic N) is 4. The van der Waals surface area contributed by atoms with E-state index in [4.69, 9.17) is 0 Å². The van der Waals surface area contributed by atoms with Crippen LogP contribution in [0.1, 0.15) is 26.2 Å². The first kappa shape index (κ1) is 21.9. The van der Waals surface area contributed by atoms with Crippen molar-refractivity contribution in [3.8, 4) is 0 Å². The Morgan fingerprint density at radius 1 is 1.12 bits per heavy atom. The van der Waals surface area contributed by atoms with Crippen LogP contribution in [0.15, 0.2) is 58.6 Å². The number of carbonyl (C=O) groups is 1. The maximum atomic E-state index is 13.0. The number of rotatable bonds is 6. The van der Waals surface area contributed by atoms with E-state index in [1.165, 1.54) is 22.1 Å². The molecule has 0 radical (unpaired) electrons. The van der Waals surface area contributed by atoms with Gasteiger partial charge < -0.3 is 5.32 Å². The number of hydrogen-bond acceptors (Lipinski definition) is 6. The van der Waals surface area contributed by atoms with Crippen LogP contribution in [0.25, 0.3) is 16.8 Å². The van der Waals surface area contributed by atoms with Crippen molar-refractivity contribution < 1.29 is 13.2 Å². The molecule has 0 saturated carbocycles. The number of benzene rings is 2. The second-order valence-electron chi connectivity index (χ2n) is 8.01. The molecule has 1 aliphatic heterocycles. The fourth-order valence-electron chi connectivity index (χ4n) is 3.97. The lowest BCUT2D eigenvalue weighted by Crippen LogP contribution is -2.35. The summed E-state index contributed by atoms with van der Waals surface area (Å²) < 4.78 is 29.3. The molecular weight excluding hydrogens is 460 g/mol. The van der Waals surface area contributed by atoms with Gasteiger partial charge in [-0.2, -0.15) is 4.31 Å². The number of aromatic amines is 1. The predicted molar refractivity (Wildman–Crippen MR) is 128 cm³/mol. The van der Waals surface area contributed by atoms with E-state index in [1.54, 1.807) is 25.1 Å². The zero-order chi connectivity index (χ0) is 23.0. The fraction of sp³-hybridized carbons (Fsp3) is 0.318. The van der Waals surface area contributed by atoms with Crippen LogP contribution in [0.5, 0.6) is 0 Å². The van der Waals surface area contributed by atoms with Crippen molar-refractivity contribution in [2.75, 3.05) is 18.4 Å². The highest BCUT2D eigenvalue weighted by molar-refractivity contribution is 8.00. The van der Waals surface area contributed by atoms with Crippen LogP contribution < -0.4 is 5.32 Å². The number of H-pyrrole nitrogens is 1. The van der Waals surface area contributed by atoms with E-state index in [0.29, 0.717) is 29.7 Å². The maximum Gasteiger partial charge on any atom is 0.243 e. The minimum atomic E-state index is -3.57. The van der Waals surface area contributed by atoms with E-state index in [-0.39, 0.29) is 10.8 Å². The van der Waals surface area contributed by atoms with Crippen LogP contribution in [0, 0.1) is 0 Å². The molecular formula is C22H24N6O3S2. The Hall–Kier alpha value is -2.89. The van der Waals surface area contributed by atoms with Crippen molar-refractivity contribution in [1.29, 1.82) is 0 Å². The molecule has 0 bridgehead atoms. The average Bonchev–Trinajstić information content (AvgIpc) is 3.39. The quantitative estimate of drug-likeness (QED) is 0.405. The molecule has 3 heterocycles. The number of anilines is 1. The second-order valence-corrected chi connectivity index (χ2v) is 11.3. The third kappa shape index (κ3) is 4.23. The molecule has 1 saturated heterocycles. The van der Waals surface area contributed by atoms with Crippen molar-refractivity contribution >= 4 is 50.2 Å². The highest BCUT2D eigenvalue weighted by Crippen LogP contribution is 2.27. The van der Waals surface area contributed by atoms with Gasteiger partial charge in [-0.1, -0.05) is 36.4 Å². The zero-order valence-electron chi connectivity index (χ0n) is 18.1. The van der Waals surface area contributed by atoms with Gasteiger partial charge in [0.05, 0.1) is 21.2 Å².